The molecule has 0 saturated heterocycles. The van der Waals surface area contributed by atoms with Gasteiger partial charge in [0.1, 0.15) is 30.3 Å². The number of rotatable bonds is 5. The minimum Gasteiger partial charge on any atom is -0.459 e. The molecule has 10 N–H and O–H groups in total. The second kappa shape index (κ2) is 23.2. The zero-order valence-corrected chi connectivity index (χ0v) is 27.8. The standard InChI is InChI=1S/C35H58O12/c1-4-5-11-16-29(41)32-30(42)20-26(38)18-24(36)17-25(37)19-27(39)21-31(43)34(45)33(44)22(2)14-12-9-7-6-8-10-13-15-28(40)23(3)47-35(32)46/h6-10,12-15,23-34,36-45H,4-5,11,16-21H2,1-3H3/b7-6+,10-8+,12-9+,15-13+,22-14+/t23-,24-,25+,26+,27-,28-,29+,30-,31-,32-,33-,34+/m0/s1. The lowest BCUT2D eigenvalue weighted by Crippen LogP contribution is -2.43. The van der Waals surface area contributed by atoms with Crippen LogP contribution in [0.25, 0.3) is 0 Å². The monoisotopic (exact) mass is 670 g/mol. The average molecular weight is 671 g/mol. The van der Waals surface area contributed by atoms with Gasteiger partial charge in [0, 0.05) is 12.8 Å². The summed E-state index contributed by atoms with van der Waals surface area (Å²) in [7, 11) is 0. The van der Waals surface area contributed by atoms with E-state index in [1.54, 1.807) is 55.5 Å². The molecule has 12 heteroatoms. The highest BCUT2D eigenvalue weighted by Gasteiger charge is 2.37. The van der Waals surface area contributed by atoms with Crippen molar-refractivity contribution in [3.8, 4) is 0 Å². The maximum absolute atomic E-state index is 13.1. The first-order valence-corrected chi connectivity index (χ1v) is 16.5. The van der Waals surface area contributed by atoms with Gasteiger partial charge in [-0.05, 0) is 45.1 Å². The number of ether oxygens (including phenoxy) is 1. The zero-order chi connectivity index (χ0) is 35.5. The molecule has 0 aromatic heterocycles. The first kappa shape index (κ1) is 42.8. The van der Waals surface area contributed by atoms with Gasteiger partial charge in [-0.1, -0.05) is 80.9 Å². The highest BCUT2D eigenvalue weighted by atomic mass is 16.6. The van der Waals surface area contributed by atoms with E-state index in [1.165, 1.54) is 13.0 Å². The summed E-state index contributed by atoms with van der Waals surface area (Å²) in [6.45, 7) is 5.00. The molecule has 1 aliphatic rings. The van der Waals surface area contributed by atoms with Gasteiger partial charge in [0.05, 0.1) is 42.7 Å². The third-order valence-corrected chi connectivity index (χ3v) is 8.17. The molecule has 0 radical (unpaired) electrons. The number of allylic oxidation sites excluding steroid dienone is 8. The molecule has 1 rings (SSSR count). The second-order valence-electron chi connectivity index (χ2n) is 12.5. The van der Waals surface area contributed by atoms with Crippen molar-refractivity contribution in [2.45, 2.75) is 146 Å². The molecule has 0 aromatic rings. The fourth-order valence-electron chi connectivity index (χ4n) is 5.30. The Kier molecular flexibility index (Phi) is 21.1. The van der Waals surface area contributed by atoms with Crippen molar-refractivity contribution in [3.63, 3.8) is 0 Å². The summed E-state index contributed by atoms with van der Waals surface area (Å²) in [5.74, 6) is -2.37. The number of esters is 1. The maximum Gasteiger partial charge on any atom is 0.314 e. The Balaban J connectivity index is 3.19. The Morgan fingerprint density at radius 2 is 1.21 bits per heavy atom. The van der Waals surface area contributed by atoms with Gasteiger partial charge in [-0.3, -0.25) is 4.79 Å². The first-order valence-electron chi connectivity index (χ1n) is 16.5. The molecule has 47 heavy (non-hydrogen) atoms. The van der Waals surface area contributed by atoms with Gasteiger partial charge in [0.15, 0.2) is 0 Å². The Morgan fingerprint density at radius 1 is 0.723 bits per heavy atom. The summed E-state index contributed by atoms with van der Waals surface area (Å²) in [5.41, 5.74) is 0.357. The van der Waals surface area contributed by atoms with Crippen LogP contribution in [-0.2, 0) is 9.53 Å². The number of hydrogen-bond donors (Lipinski definition) is 10. The van der Waals surface area contributed by atoms with Gasteiger partial charge in [0.2, 0.25) is 0 Å². The molecule has 0 amide bonds. The number of hydrogen-bond acceptors (Lipinski definition) is 12. The van der Waals surface area contributed by atoms with Crippen LogP contribution in [0.15, 0.2) is 60.3 Å². The summed E-state index contributed by atoms with van der Waals surface area (Å²) in [4.78, 5) is 13.1. The van der Waals surface area contributed by atoms with Crippen LogP contribution >= 0.6 is 0 Å². The Bertz CT molecular complexity index is 1020. The van der Waals surface area contributed by atoms with Gasteiger partial charge in [-0.25, -0.2) is 0 Å². The molecule has 0 fully saturated rings. The lowest BCUT2D eigenvalue weighted by molar-refractivity contribution is -0.168. The molecule has 0 saturated carbocycles. The Morgan fingerprint density at radius 3 is 1.77 bits per heavy atom. The summed E-state index contributed by atoms with van der Waals surface area (Å²) >= 11 is 0. The van der Waals surface area contributed by atoms with Crippen molar-refractivity contribution in [1.29, 1.82) is 0 Å². The van der Waals surface area contributed by atoms with E-state index >= 15 is 0 Å². The predicted molar refractivity (Wildman–Crippen MR) is 177 cm³/mol. The molecule has 270 valence electrons. The van der Waals surface area contributed by atoms with Crippen LogP contribution in [0.2, 0.25) is 0 Å². The molecular weight excluding hydrogens is 612 g/mol. The van der Waals surface area contributed by atoms with Crippen molar-refractivity contribution in [2.24, 2.45) is 5.92 Å². The van der Waals surface area contributed by atoms with Crippen LogP contribution < -0.4 is 0 Å². The van der Waals surface area contributed by atoms with E-state index in [9.17, 15) is 55.9 Å². The van der Waals surface area contributed by atoms with Gasteiger partial charge in [0.25, 0.3) is 0 Å². The van der Waals surface area contributed by atoms with E-state index in [0.29, 0.717) is 12.0 Å². The van der Waals surface area contributed by atoms with Crippen LogP contribution in [0.5, 0.6) is 0 Å². The predicted octanol–water partition coefficient (Wildman–Crippen LogP) is 0.859. The minimum absolute atomic E-state index is 0.197. The smallest absolute Gasteiger partial charge is 0.314 e. The van der Waals surface area contributed by atoms with Crippen molar-refractivity contribution in [1.82, 2.24) is 0 Å². The summed E-state index contributed by atoms with van der Waals surface area (Å²) < 4.78 is 5.41. The fourth-order valence-corrected chi connectivity index (χ4v) is 5.30. The molecule has 1 aliphatic heterocycles. The van der Waals surface area contributed by atoms with Crippen molar-refractivity contribution < 1.29 is 60.6 Å². The van der Waals surface area contributed by atoms with E-state index in [4.69, 9.17) is 4.74 Å². The molecule has 0 aliphatic carbocycles. The van der Waals surface area contributed by atoms with Gasteiger partial charge in [-0.15, -0.1) is 0 Å². The normalized spacial score (nSPS) is 39.6. The molecule has 1 heterocycles. The largest absolute Gasteiger partial charge is 0.459 e. The third kappa shape index (κ3) is 17.1. The van der Waals surface area contributed by atoms with Crippen LogP contribution in [0.1, 0.15) is 78.6 Å². The third-order valence-electron chi connectivity index (χ3n) is 8.17. The second-order valence-corrected chi connectivity index (χ2v) is 12.5. The molecule has 12 atom stereocenters. The van der Waals surface area contributed by atoms with Crippen molar-refractivity contribution in [2.75, 3.05) is 0 Å². The topological polar surface area (TPSA) is 229 Å². The lowest BCUT2D eigenvalue weighted by atomic mass is 9.87. The number of aliphatic hydroxyl groups excluding tert-OH is 10. The van der Waals surface area contributed by atoms with Crippen LogP contribution in [-0.4, -0.2) is 124 Å². The molecule has 12 nitrogen and oxygen atoms in total. The van der Waals surface area contributed by atoms with E-state index in [-0.39, 0.29) is 32.1 Å². The molecule has 0 spiro atoms. The van der Waals surface area contributed by atoms with Crippen molar-refractivity contribution in [3.05, 3.63) is 60.3 Å². The Hall–Kier alpha value is -2.23. The quantitative estimate of drug-likeness (QED) is 0.145. The van der Waals surface area contributed by atoms with E-state index in [0.717, 1.165) is 12.8 Å². The molecular formula is C35H58O12. The number of carbonyl (C=O) groups excluding carboxylic acids is 1. The van der Waals surface area contributed by atoms with E-state index in [1.807, 2.05) is 6.92 Å². The van der Waals surface area contributed by atoms with Gasteiger partial charge in [-0.2, -0.15) is 0 Å². The lowest BCUT2D eigenvalue weighted by Gasteiger charge is -2.30. The molecule has 0 unspecified atom stereocenters. The number of aliphatic hydroxyl groups is 10. The number of unbranched alkanes of at least 4 members (excludes halogenated alkanes) is 2. The molecule has 0 bridgehead atoms. The minimum atomic E-state index is -1.61. The van der Waals surface area contributed by atoms with Crippen LogP contribution in [0, 0.1) is 5.92 Å². The van der Waals surface area contributed by atoms with Crippen LogP contribution in [0.3, 0.4) is 0 Å². The van der Waals surface area contributed by atoms with Gasteiger partial charge >= 0.3 is 5.97 Å². The number of carbonyl (C=O) groups is 1. The maximum atomic E-state index is 13.1. The SMILES string of the molecule is CCCCC[C@@H](O)[C@@H]1C(=O)O[C@@H](C)[C@@H](O)/C=C/C=C/C=C/C=C/C=C(\C)[C@H](O)[C@H](O)[C@@H](O)C[C@@H](O)C[C@H](O)C[C@H](O)C[C@@H](O)C[C@@H]1O. The Labute approximate surface area is 278 Å². The highest BCUT2D eigenvalue weighted by molar-refractivity contribution is 5.74. The summed E-state index contributed by atoms with van der Waals surface area (Å²) in [6.07, 6.45) is 0.559. The van der Waals surface area contributed by atoms with E-state index in [2.05, 4.69) is 0 Å². The summed E-state index contributed by atoms with van der Waals surface area (Å²) in [6, 6.07) is 0. The van der Waals surface area contributed by atoms with Crippen molar-refractivity contribution >= 4 is 5.97 Å². The zero-order valence-electron chi connectivity index (χ0n) is 27.8. The average Bonchev–Trinajstić information content (AvgIpc) is 2.98. The summed E-state index contributed by atoms with van der Waals surface area (Å²) in [5, 5.41) is 105. The first-order chi connectivity index (χ1) is 22.2. The molecule has 0 aromatic carbocycles. The van der Waals surface area contributed by atoms with E-state index < -0.39 is 85.5 Å². The highest BCUT2D eigenvalue weighted by Crippen LogP contribution is 2.24. The van der Waals surface area contributed by atoms with Crippen LogP contribution in [0.4, 0.5) is 0 Å². The number of cyclic esters (lactones) is 1. The van der Waals surface area contributed by atoms with Gasteiger partial charge < -0.3 is 55.8 Å². The fraction of sp³-hybridized carbons (Fsp3) is 0.686.